The first-order chi connectivity index (χ1) is 4.09. The van der Waals surface area contributed by atoms with E-state index in [9.17, 15) is 4.79 Å². The quantitative estimate of drug-likeness (QED) is 0.536. The van der Waals surface area contributed by atoms with Crippen LogP contribution in [0.1, 0.15) is 6.92 Å². The van der Waals surface area contributed by atoms with Gasteiger partial charge in [0.25, 0.3) is 0 Å². The second-order valence-corrected chi connectivity index (χ2v) is 1.83. The number of nitrogens with two attached hydrogens (primary N) is 1. The molecule has 0 aromatic carbocycles. The number of esters is 1. The third-order valence-electron chi connectivity index (χ3n) is 0.941. The third-order valence-corrected chi connectivity index (χ3v) is 0.941. The molecule has 4 nitrogen and oxygen atoms in total. The number of aliphatic hydroxyl groups is 1. The highest BCUT2D eigenvalue weighted by Crippen LogP contribution is 1.90. The van der Waals surface area contributed by atoms with Crippen LogP contribution in [0, 0.1) is 0 Å². The van der Waals surface area contributed by atoms with Gasteiger partial charge in [0.05, 0.1) is 7.11 Å². The van der Waals surface area contributed by atoms with E-state index in [-0.39, 0.29) is 12.4 Å². The summed E-state index contributed by atoms with van der Waals surface area (Å²) in [7, 11) is 1.20. The molecule has 0 aromatic rings. The third kappa shape index (κ3) is 3.66. The lowest BCUT2D eigenvalue weighted by Crippen LogP contribution is -2.38. The van der Waals surface area contributed by atoms with Crippen molar-refractivity contribution in [2.75, 3.05) is 7.11 Å². The van der Waals surface area contributed by atoms with Crippen molar-refractivity contribution in [1.82, 2.24) is 0 Å². The summed E-state index contributed by atoms with van der Waals surface area (Å²) in [6.07, 6.45) is -1.20. The Kier molecular flexibility index (Phi) is 6.76. The molecule has 0 saturated carbocycles. The molecule has 0 bridgehead atoms. The van der Waals surface area contributed by atoms with E-state index in [1.165, 1.54) is 14.0 Å². The van der Waals surface area contributed by atoms with Gasteiger partial charge in [-0.05, 0) is 6.92 Å². The van der Waals surface area contributed by atoms with Gasteiger partial charge in [0.1, 0.15) is 0 Å². The largest absolute Gasteiger partial charge is 0.467 e. The van der Waals surface area contributed by atoms with Gasteiger partial charge in [-0.25, -0.2) is 4.79 Å². The van der Waals surface area contributed by atoms with Crippen LogP contribution in [0.4, 0.5) is 0 Å². The molecule has 3 N–H and O–H groups in total. The highest BCUT2D eigenvalue weighted by atomic mass is 35.5. The maximum absolute atomic E-state index is 10.4. The maximum atomic E-state index is 10.4. The van der Waals surface area contributed by atoms with Gasteiger partial charge in [0, 0.05) is 6.04 Å². The molecule has 0 aliphatic carbocycles. The predicted octanol–water partition coefficient (Wildman–Crippen LogP) is -0.711. The summed E-state index contributed by atoms with van der Waals surface area (Å²) in [5.74, 6) is -0.690. The van der Waals surface area contributed by atoms with Crippen molar-refractivity contribution in [1.29, 1.82) is 0 Å². The summed E-state index contributed by atoms with van der Waals surface area (Å²) in [4.78, 5) is 10.4. The molecule has 0 aromatic heterocycles. The highest BCUT2D eigenvalue weighted by molar-refractivity contribution is 5.85. The van der Waals surface area contributed by atoms with Crippen molar-refractivity contribution < 1.29 is 14.6 Å². The number of hydrogen-bond acceptors (Lipinski definition) is 4. The number of halogens is 1. The highest BCUT2D eigenvalue weighted by Gasteiger charge is 2.18. The van der Waals surface area contributed by atoms with Crippen LogP contribution in [0.3, 0.4) is 0 Å². The molecule has 0 saturated heterocycles. The molecule has 0 amide bonds. The molecule has 0 heterocycles. The molecule has 0 radical (unpaired) electrons. The van der Waals surface area contributed by atoms with E-state index >= 15 is 0 Å². The van der Waals surface area contributed by atoms with E-state index in [4.69, 9.17) is 10.8 Å². The summed E-state index contributed by atoms with van der Waals surface area (Å²) in [5, 5.41) is 8.80. The zero-order valence-corrected chi connectivity index (χ0v) is 6.72. The molecule has 0 aliphatic heterocycles. The van der Waals surface area contributed by atoms with Crippen LogP contribution in [-0.2, 0) is 9.53 Å². The lowest BCUT2D eigenvalue weighted by Gasteiger charge is -2.10. The van der Waals surface area contributed by atoms with E-state index in [1.54, 1.807) is 0 Å². The molecule has 5 heteroatoms. The molecule has 0 aliphatic rings. The van der Waals surface area contributed by atoms with Crippen molar-refractivity contribution in [2.45, 2.75) is 19.1 Å². The van der Waals surface area contributed by atoms with E-state index in [0.29, 0.717) is 0 Å². The molecule has 62 valence electrons. The van der Waals surface area contributed by atoms with Gasteiger partial charge >= 0.3 is 5.97 Å². The predicted molar refractivity (Wildman–Crippen MR) is 38.9 cm³/mol. The van der Waals surface area contributed by atoms with Gasteiger partial charge in [0.2, 0.25) is 0 Å². The standard InChI is InChI=1S/C5H11NO3.ClH/c1-3(6)4(7)5(8)9-2;/h3-4,7H,6H2,1-2H3;1H/t3-,4+;/m0./s1. The summed E-state index contributed by atoms with van der Waals surface area (Å²) >= 11 is 0. The van der Waals surface area contributed by atoms with Crippen molar-refractivity contribution in [3.8, 4) is 0 Å². The van der Waals surface area contributed by atoms with Crippen LogP contribution in [0.25, 0.3) is 0 Å². The summed E-state index contributed by atoms with van der Waals surface area (Å²) in [6, 6.07) is -0.572. The van der Waals surface area contributed by atoms with Gasteiger partial charge < -0.3 is 15.6 Å². The van der Waals surface area contributed by atoms with Crippen LogP contribution >= 0.6 is 12.4 Å². The smallest absolute Gasteiger partial charge is 0.336 e. The van der Waals surface area contributed by atoms with Gasteiger partial charge in [-0.15, -0.1) is 12.4 Å². The first kappa shape index (κ1) is 12.4. The number of aliphatic hydroxyl groups excluding tert-OH is 1. The topological polar surface area (TPSA) is 72.5 Å². The molecular weight excluding hydrogens is 158 g/mol. The number of carbonyl (C=O) groups excluding carboxylic acids is 1. The number of methoxy groups -OCH3 is 1. The fraction of sp³-hybridized carbons (Fsp3) is 0.800. The van der Waals surface area contributed by atoms with Crippen LogP contribution in [-0.4, -0.2) is 30.3 Å². The Morgan fingerprint density at radius 1 is 1.70 bits per heavy atom. The second kappa shape index (κ2) is 5.46. The lowest BCUT2D eigenvalue weighted by atomic mass is 10.2. The minimum Gasteiger partial charge on any atom is -0.467 e. The summed E-state index contributed by atoms with van der Waals surface area (Å²) < 4.78 is 4.20. The Morgan fingerprint density at radius 2 is 2.10 bits per heavy atom. The fourth-order valence-corrected chi connectivity index (χ4v) is 0.335. The minimum absolute atomic E-state index is 0. The van der Waals surface area contributed by atoms with E-state index in [0.717, 1.165) is 0 Å². The van der Waals surface area contributed by atoms with Crippen molar-refractivity contribution >= 4 is 18.4 Å². The molecule has 2 atom stereocenters. The summed E-state index contributed by atoms with van der Waals surface area (Å²) in [5.41, 5.74) is 5.16. The monoisotopic (exact) mass is 169 g/mol. The molecule has 0 spiro atoms. The Bertz CT molecular complexity index is 107. The average Bonchev–Trinajstić information content (AvgIpc) is 1.84. The van der Waals surface area contributed by atoms with Crippen molar-refractivity contribution in [3.05, 3.63) is 0 Å². The Labute approximate surface area is 65.8 Å². The van der Waals surface area contributed by atoms with Gasteiger partial charge in [-0.2, -0.15) is 0 Å². The molecular formula is C5H12ClNO3. The average molecular weight is 170 g/mol. The Hall–Kier alpha value is -0.320. The van der Waals surface area contributed by atoms with Crippen molar-refractivity contribution in [3.63, 3.8) is 0 Å². The normalized spacial score (nSPS) is 14.8. The zero-order chi connectivity index (χ0) is 7.44. The number of carbonyl (C=O) groups is 1. The van der Waals surface area contributed by atoms with Gasteiger partial charge in [0.15, 0.2) is 6.10 Å². The van der Waals surface area contributed by atoms with Crippen molar-refractivity contribution in [2.24, 2.45) is 5.73 Å². The molecule has 0 fully saturated rings. The zero-order valence-electron chi connectivity index (χ0n) is 5.90. The van der Waals surface area contributed by atoms with Crippen LogP contribution in [0.15, 0.2) is 0 Å². The van der Waals surface area contributed by atoms with Crippen LogP contribution < -0.4 is 5.73 Å². The Morgan fingerprint density at radius 3 is 2.20 bits per heavy atom. The van der Waals surface area contributed by atoms with Crippen LogP contribution in [0.5, 0.6) is 0 Å². The second-order valence-electron chi connectivity index (χ2n) is 1.83. The number of ether oxygens (including phenoxy) is 1. The first-order valence-corrected chi connectivity index (χ1v) is 2.61. The van der Waals surface area contributed by atoms with Gasteiger partial charge in [-0.1, -0.05) is 0 Å². The van der Waals surface area contributed by atoms with E-state index < -0.39 is 18.1 Å². The first-order valence-electron chi connectivity index (χ1n) is 2.61. The fourth-order valence-electron chi connectivity index (χ4n) is 0.335. The number of hydrogen-bond donors (Lipinski definition) is 2. The van der Waals surface area contributed by atoms with E-state index in [2.05, 4.69) is 4.74 Å². The maximum Gasteiger partial charge on any atom is 0.336 e. The SMILES string of the molecule is COC(=O)[C@H](O)[C@H](C)N.Cl. The Balaban J connectivity index is 0. The molecule has 0 unspecified atom stereocenters. The molecule has 10 heavy (non-hydrogen) atoms. The van der Waals surface area contributed by atoms with Gasteiger partial charge in [-0.3, -0.25) is 0 Å². The lowest BCUT2D eigenvalue weighted by molar-refractivity contribution is -0.151. The summed E-state index contributed by atoms with van der Waals surface area (Å²) in [6.45, 7) is 1.53. The van der Waals surface area contributed by atoms with E-state index in [1.807, 2.05) is 0 Å². The number of rotatable bonds is 2. The van der Waals surface area contributed by atoms with Crippen LogP contribution in [0.2, 0.25) is 0 Å². The minimum atomic E-state index is -1.20. The molecule has 0 rings (SSSR count).